The number of ether oxygens (including phenoxy) is 1. The zero-order valence-corrected chi connectivity index (χ0v) is 20.4. The summed E-state index contributed by atoms with van der Waals surface area (Å²) in [5.74, 6) is 1.17. The first kappa shape index (κ1) is 25.1. The van der Waals surface area contributed by atoms with Crippen molar-refractivity contribution in [3.63, 3.8) is 0 Å². The number of alkyl halides is 3. The summed E-state index contributed by atoms with van der Waals surface area (Å²) in [5.41, 5.74) is 3.13. The zero-order chi connectivity index (χ0) is 24.1. The van der Waals surface area contributed by atoms with Gasteiger partial charge in [-0.1, -0.05) is 24.3 Å². The average Bonchev–Trinajstić information content (AvgIpc) is 3.04. The highest BCUT2D eigenvalue weighted by Crippen LogP contribution is 2.34. The van der Waals surface area contributed by atoms with Crippen LogP contribution in [-0.4, -0.2) is 55.2 Å². The fraction of sp³-hybridized carbons (Fsp3) is 0.571. The van der Waals surface area contributed by atoms with E-state index in [0.717, 1.165) is 82.2 Å². The third kappa shape index (κ3) is 6.54. The van der Waals surface area contributed by atoms with Crippen LogP contribution in [0.3, 0.4) is 0 Å². The monoisotopic (exact) mass is 474 g/mol. The summed E-state index contributed by atoms with van der Waals surface area (Å²) in [6.45, 7) is 10.2. The van der Waals surface area contributed by atoms with E-state index in [4.69, 9.17) is 4.74 Å². The first-order chi connectivity index (χ1) is 16.3. The fourth-order valence-corrected chi connectivity index (χ4v) is 5.26. The molecule has 1 fully saturated rings. The van der Waals surface area contributed by atoms with Crippen LogP contribution in [0.2, 0.25) is 0 Å². The molecule has 34 heavy (non-hydrogen) atoms. The van der Waals surface area contributed by atoms with Gasteiger partial charge in [0.05, 0.1) is 12.2 Å². The maximum absolute atomic E-state index is 13.0. The number of hydrogen-bond donors (Lipinski definition) is 0. The molecule has 0 radical (unpaired) electrons. The minimum absolute atomic E-state index is 0.209. The van der Waals surface area contributed by atoms with Crippen LogP contribution in [0.15, 0.2) is 42.5 Å². The summed E-state index contributed by atoms with van der Waals surface area (Å²) in [4.78, 5) is 4.95. The molecule has 3 nitrogen and oxygen atoms in total. The van der Waals surface area contributed by atoms with Crippen molar-refractivity contribution in [3.8, 4) is 5.75 Å². The second-order valence-corrected chi connectivity index (χ2v) is 10.0. The lowest BCUT2D eigenvalue weighted by Crippen LogP contribution is -2.34. The molecule has 186 valence electrons. The molecule has 0 N–H and O–H groups in total. The van der Waals surface area contributed by atoms with Crippen molar-refractivity contribution in [1.82, 2.24) is 9.80 Å². The van der Waals surface area contributed by atoms with Crippen LogP contribution in [0.4, 0.5) is 13.2 Å². The van der Waals surface area contributed by atoms with E-state index >= 15 is 0 Å². The predicted octanol–water partition coefficient (Wildman–Crippen LogP) is 6.16. The largest absolute Gasteiger partial charge is 0.494 e. The number of nitrogens with zero attached hydrogens (tertiary/aromatic N) is 2. The Kier molecular flexibility index (Phi) is 8.20. The SMILES string of the molecule is CC(C)N1CCc2ccc(OCCCN3CCC(c4cccc(C(F)(F)F)c4)CC3)cc2CC1. The van der Waals surface area contributed by atoms with Crippen LogP contribution in [0.25, 0.3) is 0 Å². The van der Waals surface area contributed by atoms with Gasteiger partial charge in [-0.25, -0.2) is 0 Å². The van der Waals surface area contributed by atoms with Gasteiger partial charge in [0.25, 0.3) is 0 Å². The van der Waals surface area contributed by atoms with Crippen LogP contribution in [0, 0.1) is 0 Å². The lowest BCUT2D eigenvalue weighted by molar-refractivity contribution is -0.137. The summed E-state index contributed by atoms with van der Waals surface area (Å²) < 4.78 is 45.1. The first-order valence-electron chi connectivity index (χ1n) is 12.7. The Morgan fingerprint density at radius 3 is 2.38 bits per heavy atom. The predicted molar refractivity (Wildman–Crippen MR) is 131 cm³/mol. The molecule has 2 aromatic rings. The van der Waals surface area contributed by atoms with Crippen molar-refractivity contribution in [2.24, 2.45) is 0 Å². The number of piperidine rings is 1. The molecule has 0 atom stereocenters. The van der Waals surface area contributed by atoms with Gasteiger partial charge in [0.15, 0.2) is 0 Å². The van der Waals surface area contributed by atoms with Gasteiger partial charge >= 0.3 is 6.18 Å². The number of hydrogen-bond acceptors (Lipinski definition) is 3. The molecule has 6 heteroatoms. The number of likely N-dealkylation sites (tertiary alicyclic amines) is 1. The molecule has 2 heterocycles. The van der Waals surface area contributed by atoms with Gasteiger partial charge in [0, 0.05) is 25.7 Å². The Balaban J connectivity index is 1.19. The highest BCUT2D eigenvalue weighted by Gasteiger charge is 2.31. The van der Waals surface area contributed by atoms with Crippen LogP contribution < -0.4 is 4.74 Å². The zero-order valence-electron chi connectivity index (χ0n) is 20.4. The van der Waals surface area contributed by atoms with Gasteiger partial charge < -0.3 is 14.5 Å². The molecule has 0 amide bonds. The topological polar surface area (TPSA) is 15.7 Å². The Labute approximate surface area is 201 Å². The van der Waals surface area contributed by atoms with Crippen molar-refractivity contribution >= 4 is 0 Å². The van der Waals surface area contributed by atoms with E-state index in [1.807, 2.05) is 6.07 Å². The van der Waals surface area contributed by atoms with E-state index in [-0.39, 0.29) is 5.92 Å². The molecule has 0 unspecified atom stereocenters. The smallest absolute Gasteiger partial charge is 0.416 e. The minimum Gasteiger partial charge on any atom is -0.494 e. The summed E-state index contributed by atoms with van der Waals surface area (Å²) >= 11 is 0. The Bertz CT molecular complexity index is 935. The third-order valence-corrected chi connectivity index (χ3v) is 7.41. The summed E-state index contributed by atoms with van der Waals surface area (Å²) in [6, 6.07) is 13.0. The van der Waals surface area contributed by atoms with Crippen LogP contribution >= 0.6 is 0 Å². The Morgan fingerprint density at radius 2 is 1.68 bits per heavy atom. The quantitative estimate of drug-likeness (QED) is 0.447. The maximum Gasteiger partial charge on any atom is 0.416 e. The molecule has 0 spiro atoms. The molecular weight excluding hydrogens is 437 g/mol. The summed E-state index contributed by atoms with van der Waals surface area (Å²) in [5, 5.41) is 0. The van der Waals surface area contributed by atoms with Crippen LogP contribution in [0.5, 0.6) is 5.75 Å². The van der Waals surface area contributed by atoms with Gasteiger partial charge in [-0.05, 0) is 99.8 Å². The van der Waals surface area contributed by atoms with E-state index < -0.39 is 11.7 Å². The highest BCUT2D eigenvalue weighted by atomic mass is 19.4. The Morgan fingerprint density at radius 1 is 0.941 bits per heavy atom. The summed E-state index contributed by atoms with van der Waals surface area (Å²) in [7, 11) is 0. The van der Waals surface area contributed by atoms with Gasteiger partial charge in [-0.15, -0.1) is 0 Å². The first-order valence-corrected chi connectivity index (χ1v) is 12.7. The normalized spacial score (nSPS) is 18.6. The number of halogens is 3. The maximum atomic E-state index is 13.0. The van der Waals surface area contributed by atoms with Crippen molar-refractivity contribution in [2.45, 2.75) is 64.1 Å². The lowest BCUT2D eigenvalue weighted by atomic mass is 9.88. The van der Waals surface area contributed by atoms with Crippen LogP contribution in [-0.2, 0) is 19.0 Å². The molecular formula is C28H37F3N2O. The molecule has 1 saturated heterocycles. The number of fused-ring (bicyclic) bond motifs is 1. The minimum atomic E-state index is -4.28. The number of rotatable bonds is 7. The molecule has 0 aliphatic carbocycles. The van der Waals surface area contributed by atoms with Gasteiger partial charge in [-0.2, -0.15) is 13.2 Å². The molecule has 0 aromatic heterocycles. The number of benzene rings is 2. The fourth-order valence-electron chi connectivity index (χ4n) is 5.26. The van der Waals surface area contributed by atoms with Crippen molar-refractivity contribution < 1.29 is 17.9 Å². The second-order valence-electron chi connectivity index (χ2n) is 10.0. The molecule has 2 aliphatic rings. The standard InChI is InChI=1S/C28H37F3N2O/c1-21(2)33-16-11-22-7-8-27(20-25(22)12-17-33)34-18-4-13-32-14-9-23(10-15-32)24-5-3-6-26(19-24)28(29,30)31/h3,5-8,19-21,23H,4,9-18H2,1-2H3. The molecule has 0 bridgehead atoms. The highest BCUT2D eigenvalue weighted by molar-refractivity contribution is 5.37. The van der Waals surface area contributed by atoms with Crippen molar-refractivity contribution in [1.29, 1.82) is 0 Å². The van der Waals surface area contributed by atoms with Gasteiger partial charge in [-0.3, -0.25) is 0 Å². The van der Waals surface area contributed by atoms with E-state index in [2.05, 4.69) is 41.8 Å². The van der Waals surface area contributed by atoms with E-state index in [1.54, 1.807) is 0 Å². The van der Waals surface area contributed by atoms with Gasteiger partial charge in [0.2, 0.25) is 0 Å². The average molecular weight is 475 g/mol. The van der Waals surface area contributed by atoms with Crippen molar-refractivity contribution in [3.05, 3.63) is 64.7 Å². The lowest BCUT2D eigenvalue weighted by Gasteiger charge is -2.32. The molecule has 4 rings (SSSR count). The molecule has 2 aliphatic heterocycles. The van der Waals surface area contributed by atoms with Gasteiger partial charge in [0.1, 0.15) is 5.75 Å². The summed E-state index contributed by atoms with van der Waals surface area (Å²) in [6.07, 6.45) is 0.658. The van der Waals surface area contributed by atoms with Crippen molar-refractivity contribution in [2.75, 3.05) is 39.3 Å². The second kappa shape index (κ2) is 11.1. The molecule has 0 saturated carbocycles. The Hall–Kier alpha value is -2.05. The van der Waals surface area contributed by atoms with E-state index in [9.17, 15) is 13.2 Å². The van der Waals surface area contributed by atoms with Crippen LogP contribution in [0.1, 0.15) is 61.3 Å². The third-order valence-electron chi connectivity index (χ3n) is 7.41. The molecule has 2 aromatic carbocycles. The van der Waals surface area contributed by atoms with E-state index in [1.165, 1.54) is 23.3 Å². The van der Waals surface area contributed by atoms with E-state index in [0.29, 0.717) is 12.6 Å².